The molecule has 0 unspecified atom stereocenters. The van der Waals surface area contributed by atoms with Crippen LogP contribution in [0.1, 0.15) is 15.9 Å². The first-order valence-electron chi connectivity index (χ1n) is 6.70. The largest absolute Gasteiger partial charge is 0.465 e. The molecule has 0 radical (unpaired) electrons. The Hall–Kier alpha value is -3.19. The number of hydrogen-bond donors (Lipinski definition) is 0. The number of aromatic nitrogens is 1. The second-order valence-corrected chi connectivity index (χ2v) is 4.77. The lowest BCUT2D eigenvalue weighted by Gasteiger charge is -2.08. The van der Waals surface area contributed by atoms with Gasteiger partial charge in [-0.3, -0.25) is 4.98 Å². The molecule has 0 spiro atoms. The van der Waals surface area contributed by atoms with Gasteiger partial charge in [0, 0.05) is 11.6 Å². The zero-order valence-electron chi connectivity index (χ0n) is 11.9. The summed E-state index contributed by atoms with van der Waals surface area (Å²) in [7, 11) is 1.36. The van der Waals surface area contributed by atoms with Crippen molar-refractivity contribution in [2.45, 2.75) is 0 Å². The molecule has 1 heterocycles. The zero-order chi connectivity index (χ0) is 15.5. The Balaban J connectivity index is 2.19. The van der Waals surface area contributed by atoms with E-state index in [9.17, 15) is 4.79 Å². The molecule has 3 rings (SSSR count). The second kappa shape index (κ2) is 5.66. The SMILES string of the molecule is COC(=O)c1ccc2nccc(-c3ccc(C#N)cc3)c2c1. The summed E-state index contributed by atoms with van der Waals surface area (Å²) >= 11 is 0. The Morgan fingerprint density at radius 2 is 1.91 bits per heavy atom. The number of pyridine rings is 1. The van der Waals surface area contributed by atoms with Gasteiger partial charge in [0.05, 0.1) is 29.8 Å². The van der Waals surface area contributed by atoms with Crippen LogP contribution in [0.4, 0.5) is 0 Å². The first kappa shape index (κ1) is 13.8. The Bertz CT molecular complexity index is 893. The third-order valence-corrected chi connectivity index (χ3v) is 3.49. The predicted molar refractivity (Wildman–Crippen MR) is 83.2 cm³/mol. The summed E-state index contributed by atoms with van der Waals surface area (Å²) in [5.74, 6) is -0.378. The Kier molecular flexibility index (Phi) is 3.55. The van der Waals surface area contributed by atoms with Crippen molar-refractivity contribution < 1.29 is 9.53 Å². The number of fused-ring (bicyclic) bond motifs is 1. The molecule has 0 aliphatic heterocycles. The molecule has 0 saturated heterocycles. The van der Waals surface area contributed by atoms with Crippen LogP contribution < -0.4 is 0 Å². The molecule has 3 aromatic rings. The number of carbonyl (C=O) groups excluding carboxylic acids is 1. The summed E-state index contributed by atoms with van der Waals surface area (Å²) in [6, 6.07) is 16.6. The van der Waals surface area contributed by atoms with E-state index >= 15 is 0 Å². The average molecular weight is 288 g/mol. The van der Waals surface area contributed by atoms with Gasteiger partial charge in [0.15, 0.2) is 0 Å². The van der Waals surface area contributed by atoms with Crippen molar-refractivity contribution in [1.82, 2.24) is 4.98 Å². The van der Waals surface area contributed by atoms with Crippen molar-refractivity contribution in [1.29, 1.82) is 5.26 Å². The maximum atomic E-state index is 11.7. The maximum absolute atomic E-state index is 11.7. The van der Waals surface area contributed by atoms with E-state index in [1.807, 2.05) is 18.2 Å². The first-order valence-corrected chi connectivity index (χ1v) is 6.70. The molecule has 1 aromatic heterocycles. The van der Waals surface area contributed by atoms with Gasteiger partial charge in [-0.05, 0) is 47.5 Å². The molecule has 0 saturated carbocycles. The van der Waals surface area contributed by atoms with E-state index in [0.29, 0.717) is 11.1 Å². The summed E-state index contributed by atoms with van der Waals surface area (Å²) in [4.78, 5) is 16.0. The topological polar surface area (TPSA) is 63.0 Å². The molecule has 0 fully saturated rings. The number of ether oxygens (including phenoxy) is 1. The molecule has 0 atom stereocenters. The third kappa shape index (κ3) is 2.40. The van der Waals surface area contributed by atoms with Gasteiger partial charge in [-0.2, -0.15) is 5.26 Å². The summed E-state index contributed by atoms with van der Waals surface area (Å²) in [6.07, 6.45) is 1.73. The minimum Gasteiger partial charge on any atom is -0.465 e. The van der Waals surface area contributed by atoms with Crippen molar-refractivity contribution in [3.63, 3.8) is 0 Å². The fourth-order valence-corrected chi connectivity index (χ4v) is 2.37. The quantitative estimate of drug-likeness (QED) is 0.676. The van der Waals surface area contributed by atoms with Gasteiger partial charge in [0.1, 0.15) is 0 Å². The fraction of sp³-hybridized carbons (Fsp3) is 0.0556. The Labute approximate surface area is 127 Å². The van der Waals surface area contributed by atoms with Gasteiger partial charge in [0.25, 0.3) is 0 Å². The highest BCUT2D eigenvalue weighted by Gasteiger charge is 2.10. The van der Waals surface area contributed by atoms with Crippen molar-refractivity contribution >= 4 is 16.9 Å². The smallest absolute Gasteiger partial charge is 0.337 e. The van der Waals surface area contributed by atoms with Crippen molar-refractivity contribution in [3.05, 3.63) is 65.9 Å². The van der Waals surface area contributed by atoms with E-state index in [2.05, 4.69) is 11.1 Å². The molecule has 0 aliphatic carbocycles. The standard InChI is InChI=1S/C18H12N2O2/c1-22-18(21)14-6-7-17-16(10-14)15(8-9-20-17)13-4-2-12(11-19)3-5-13/h2-10H,1H3. The van der Waals surface area contributed by atoms with Crippen LogP contribution in [-0.2, 0) is 4.74 Å². The lowest BCUT2D eigenvalue weighted by molar-refractivity contribution is 0.0601. The minimum absolute atomic E-state index is 0.378. The van der Waals surface area contributed by atoms with E-state index in [1.165, 1.54) is 7.11 Å². The van der Waals surface area contributed by atoms with Crippen LogP contribution in [-0.4, -0.2) is 18.1 Å². The number of nitrogens with zero attached hydrogens (tertiary/aromatic N) is 2. The number of nitriles is 1. The minimum atomic E-state index is -0.378. The van der Waals surface area contributed by atoms with E-state index in [0.717, 1.165) is 22.0 Å². The van der Waals surface area contributed by atoms with Crippen LogP contribution in [0, 0.1) is 11.3 Å². The third-order valence-electron chi connectivity index (χ3n) is 3.49. The van der Waals surface area contributed by atoms with Crippen LogP contribution >= 0.6 is 0 Å². The van der Waals surface area contributed by atoms with Gasteiger partial charge in [-0.15, -0.1) is 0 Å². The molecule has 0 N–H and O–H groups in total. The van der Waals surface area contributed by atoms with Gasteiger partial charge >= 0.3 is 5.97 Å². The average Bonchev–Trinajstić information content (AvgIpc) is 2.60. The Morgan fingerprint density at radius 3 is 2.59 bits per heavy atom. The van der Waals surface area contributed by atoms with Crippen molar-refractivity contribution in [2.75, 3.05) is 7.11 Å². The molecule has 4 heteroatoms. The first-order chi connectivity index (χ1) is 10.7. The highest BCUT2D eigenvalue weighted by atomic mass is 16.5. The number of methoxy groups -OCH3 is 1. The van der Waals surface area contributed by atoms with Gasteiger partial charge in [-0.1, -0.05) is 12.1 Å². The van der Waals surface area contributed by atoms with Crippen LogP contribution in [0.25, 0.3) is 22.0 Å². The number of esters is 1. The lowest BCUT2D eigenvalue weighted by Crippen LogP contribution is -2.01. The molecule has 2 aromatic carbocycles. The molecule has 0 aliphatic rings. The van der Waals surface area contributed by atoms with Crippen LogP contribution in [0.3, 0.4) is 0 Å². The van der Waals surface area contributed by atoms with Crippen molar-refractivity contribution in [2.24, 2.45) is 0 Å². The van der Waals surface area contributed by atoms with Crippen LogP contribution in [0.15, 0.2) is 54.7 Å². The van der Waals surface area contributed by atoms with Gasteiger partial charge < -0.3 is 4.74 Å². The van der Waals surface area contributed by atoms with Gasteiger partial charge in [0.2, 0.25) is 0 Å². The summed E-state index contributed by atoms with van der Waals surface area (Å²) in [6.45, 7) is 0. The van der Waals surface area contributed by atoms with E-state index in [-0.39, 0.29) is 5.97 Å². The molecule has 0 amide bonds. The molecular weight excluding hydrogens is 276 g/mol. The zero-order valence-corrected chi connectivity index (χ0v) is 11.9. The van der Waals surface area contributed by atoms with Crippen LogP contribution in [0.2, 0.25) is 0 Å². The fourth-order valence-electron chi connectivity index (χ4n) is 2.37. The monoisotopic (exact) mass is 288 g/mol. The summed E-state index contributed by atoms with van der Waals surface area (Å²) in [5, 5.41) is 9.75. The van der Waals surface area contributed by atoms with Gasteiger partial charge in [-0.25, -0.2) is 4.79 Å². The predicted octanol–water partition coefficient (Wildman–Crippen LogP) is 3.56. The number of benzene rings is 2. The molecule has 0 bridgehead atoms. The summed E-state index contributed by atoms with van der Waals surface area (Å²) < 4.78 is 4.77. The second-order valence-electron chi connectivity index (χ2n) is 4.77. The number of hydrogen-bond acceptors (Lipinski definition) is 4. The Morgan fingerprint density at radius 1 is 1.14 bits per heavy atom. The highest BCUT2D eigenvalue weighted by molar-refractivity contribution is 6.00. The van der Waals surface area contributed by atoms with Crippen molar-refractivity contribution in [3.8, 4) is 17.2 Å². The number of rotatable bonds is 2. The highest BCUT2D eigenvalue weighted by Crippen LogP contribution is 2.28. The van der Waals surface area contributed by atoms with Crippen LogP contribution in [0.5, 0.6) is 0 Å². The van der Waals surface area contributed by atoms with E-state index in [1.54, 1.807) is 36.5 Å². The summed E-state index contributed by atoms with van der Waals surface area (Å²) in [5.41, 5.74) is 3.82. The number of carbonyl (C=O) groups is 1. The van der Waals surface area contributed by atoms with E-state index < -0.39 is 0 Å². The lowest BCUT2D eigenvalue weighted by atomic mass is 9.99. The normalized spacial score (nSPS) is 10.2. The molecule has 4 nitrogen and oxygen atoms in total. The maximum Gasteiger partial charge on any atom is 0.337 e. The molecule has 22 heavy (non-hydrogen) atoms. The molecule has 106 valence electrons. The van der Waals surface area contributed by atoms with E-state index in [4.69, 9.17) is 10.00 Å². The molecular formula is C18H12N2O2.